The predicted molar refractivity (Wildman–Crippen MR) is 59.0 cm³/mol. The van der Waals surface area contributed by atoms with E-state index in [-0.39, 0.29) is 5.92 Å². The van der Waals surface area contributed by atoms with E-state index in [1.165, 1.54) is 0 Å². The Hall–Kier alpha value is -1.44. The molecule has 1 radical (unpaired) electrons. The highest BCUT2D eigenvalue weighted by molar-refractivity contribution is 5.38. The number of hydrogen-bond acceptors (Lipinski definition) is 0. The van der Waals surface area contributed by atoms with Crippen molar-refractivity contribution in [3.63, 3.8) is 0 Å². The molecule has 1 aromatic carbocycles. The molecule has 0 heterocycles. The Balaban J connectivity index is 3.01. The second-order valence-electron chi connectivity index (χ2n) is 3.10. The molecule has 0 nitrogen and oxygen atoms in total. The fourth-order valence-electron chi connectivity index (χ4n) is 1.36. The van der Waals surface area contributed by atoms with E-state index in [2.05, 4.69) is 13.2 Å². The van der Waals surface area contributed by atoms with Crippen LogP contribution in [0, 0.1) is 5.92 Å². The van der Waals surface area contributed by atoms with Gasteiger partial charge in [-0.05, 0) is 5.56 Å². The zero-order chi connectivity index (χ0) is 11.3. The van der Waals surface area contributed by atoms with Crippen molar-refractivity contribution in [2.75, 3.05) is 0 Å². The fourth-order valence-corrected chi connectivity index (χ4v) is 1.36. The van der Waals surface area contributed by atoms with Crippen molar-refractivity contribution in [2.24, 2.45) is 0 Å². The number of alkyl halides is 2. The molecule has 0 fully saturated rings. The second kappa shape index (κ2) is 5.44. The van der Waals surface area contributed by atoms with E-state index in [0.29, 0.717) is 5.56 Å². The maximum absolute atomic E-state index is 13.5. The van der Waals surface area contributed by atoms with Gasteiger partial charge in [-0.1, -0.05) is 42.5 Å². The molecule has 0 bridgehead atoms. The van der Waals surface area contributed by atoms with E-state index in [4.69, 9.17) is 0 Å². The lowest BCUT2D eigenvalue weighted by Crippen LogP contribution is -2.22. The molecule has 0 amide bonds. The fraction of sp³-hybridized carbons (Fsp3) is 0.154. The van der Waals surface area contributed by atoms with E-state index >= 15 is 0 Å². The molecule has 2 unspecified atom stereocenters. The summed E-state index contributed by atoms with van der Waals surface area (Å²) in [7, 11) is 0. The minimum atomic E-state index is -1.49. The third kappa shape index (κ3) is 2.75. The SMILES string of the molecule is C=CC(F)[C](c1ccccc1)C(F)C=C. The van der Waals surface area contributed by atoms with Gasteiger partial charge in [0.2, 0.25) is 0 Å². The average Bonchev–Trinajstić information content (AvgIpc) is 2.30. The summed E-state index contributed by atoms with van der Waals surface area (Å²) in [6.45, 7) is 6.65. The zero-order valence-electron chi connectivity index (χ0n) is 8.37. The molecule has 2 heteroatoms. The van der Waals surface area contributed by atoms with E-state index in [0.717, 1.165) is 12.2 Å². The molecule has 0 aliphatic heterocycles. The van der Waals surface area contributed by atoms with E-state index < -0.39 is 12.3 Å². The second-order valence-corrected chi connectivity index (χ2v) is 3.10. The summed E-state index contributed by atoms with van der Waals surface area (Å²) < 4.78 is 27.0. The molecule has 79 valence electrons. The van der Waals surface area contributed by atoms with Gasteiger partial charge in [-0.3, -0.25) is 0 Å². The van der Waals surface area contributed by atoms with Crippen LogP contribution in [0.4, 0.5) is 8.78 Å². The Morgan fingerprint density at radius 3 is 1.87 bits per heavy atom. The largest absolute Gasteiger partial charge is 0.242 e. The van der Waals surface area contributed by atoms with E-state index in [1.807, 2.05) is 0 Å². The Morgan fingerprint density at radius 1 is 1.00 bits per heavy atom. The van der Waals surface area contributed by atoms with Crippen LogP contribution in [0.25, 0.3) is 0 Å². The third-order valence-electron chi connectivity index (χ3n) is 2.12. The van der Waals surface area contributed by atoms with Crippen molar-refractivity contribution >= 4 is 0 Å². The molecule has 1 rings (SSSR count). The van der Waals surface area contributed by atoms with Crippen molar-refractivity contribution in [2.45, 2.75) is 12.3 Å². The summed E-state index contributed by atoms with van der Waals surface area (Å²) in [4.78, 5) is 0. The summed E-state index contributed by atoms with van der Waals surface area (Å²) >= 11 is 0. The van der Waals surface area contributed by atoms with Gasteiger partial charge in [-0.25, -0.2) is 8.78 Å². The number of hydrogen-bond donors (Lipinski definition) is 0. The molecule has 2 atom stereocenters. The highest BCUT2D eigenvalue weighted by Gasteiger charge is 2.28. The molecule has 0 saturated carbocycles. The van der Waals surface area contributed by atoms with Crippen molar-refractivity contribution in [3.8, 4) is 0 Å². The number of benzene rings is 1. The lowest BCUT2D eigenvalue weighted by molar-refractivity contribution is 0.331. The van der Waals surface area contributed by atoms with Crippen LogP contribution in [0.5, 0.6) is 0 Å². The normalized spacial score (nSPS) is 14.6. The minimum Gasteiger partial charge on any atom is -0.242 e. The maximum atomic E-state index is 13.5. The number of halogens is 2. The third-order valence-corrected chi connectivity index (χ3v) is 2.12. The first kappa shape index (κ1) is 11.6. The Bertz CT molecular complexity index is 305. The molecular formula is C13H13F2. The van der Waals surface area contributed by atoms with Crippen molar-refractivity contribution in [1.29, 1.82) is 0 Å². The van der Waals surface area contributed by atoms with Gasteiger partial charge in [0, 0.05) is 0 Å². The number of rotatable bonds is 5. The van der Waals surface area contributed by atoms with Crippen LogP contribution in [-0.2, 0) is 0 Å². The maximum Gasteiger partial charge on any atom is 0.132 e. The van der Waals surface area contributed by atoms with E-state index in [9.17, 15) is 8.78 Å². The van der Waals surface area contributed by atoms with Gasteiger partial charge in [-0.2, -0.15) is 0 Å². The summed E-state index contributed by atoms with van der Waals surface area (Å²) in [6.07, 6.45) is -0.808. The quantitative estimate of drug-likeness (QED) is 0.646. The van der Waals surface area contributed by atoms with Crippen LogP contribution in [0.2, 0.25) is 0 Å². The van der Waals surface area contributed by atoms with Gasteiger partial charge in [0.25, 0.3) is 0 Å². The van der Waals surface area contributed by atoms with Gasteiger partial charge in [0.1, 0.15) is 12.3 Å². The van der Waals surface area contributed by atoms with Gasteiger partial charge in [0.05, 0.1) is 5.92 Å². The summed E-state index contributed by atoms with van der Waals surface area (Å²) in [5, 5.41) is 0. The zero-order valence-corrected chi connectivity index (χ0v) is 8.37. The highest BCUT2D eigenvalue weighted by Crippen LogP contribution is 2.27. The van der Waals surface area contributed by atoms with Gasteiger partial charge in [-0.15, -0.1) is 13.2 Å². The van der Waals surface area contributed by atoms with Crippen LogP contribution < -0.4 is 0 Å². The summed E-state index contributed by atoms with van der Waals surface area (Å²) in [5.41, 5.74) is 0.539. The minimum absolute atomic E-state index is 0.0561. The van der Waals surface area contributed by atoms with Crippen molar-refractivity contribution < 1.29 is 8.78 Å². The van der Waals surface area contributed by atoms with Crippen molar-refractivity contribution in [1.82, 2.24) is 0 Å². The molecule has 15 heavy (non-hydrogen) atoms. The van der Waals surface area contributed by atoms with Crippen LogP contribution in [0.15, 0.2) is 55.6 Å². The Labute approximate surface area is 88.9 Å². The first-order valence-electron chi connectivity index (χ1n) is 4.66. The molecule has 1 aromatic rings. The van der Waals surface area contributed by atoms with Crippen LogP contribution in [0.1, 0.15) is 5.56 Å². The van der Waals surface area contributed by atoms with Crippen LogP contribution in [0.3, 0.4) is 0 Å². The smallest absolute Gasteiger partial charge is 0.132 e. The topological polar surface area (TPSA) is 0 Å². The monoisotopic (exact) mass is 207 g/mol. The lowest BCUT2D eigenvalue weighted by atomic mass is 9.90. The van der Waals surface area contributed by atoms with Crippen molar-refractivity contribution in [3.05, 3.63) is 67.1 Å². The molecule has 0 aliphatic carbocycles. The van der Waals surface area contributed by atoms with E-state index in [1.54, 1.807) is 30.3 Å². The van der Waals surface area contributed by atoms with Crippen LogP contribution in [-0.4, -0.2) is 12.3 Å². The van der Waals surface area contributed by atoms with Gasteiger partial charge >= 0.3 is 0 Å². The first-order chi connectivity index (χ1) is 7.20. The molecule has 0 saturated heterocycles. The number of allylic oxidation sites excluding steroid dienone is 2. The molecule has 0 spiro atoms. The highest BCUT2D eigenvalue weighted by atomic mass is 19.1. The lowest BCUT2D eigenvalue weighted by Gasteiger charge is -2.19. The molecule has 0 aromatic heterocycles. The van der Waals surface area contributed by atoms with Crippen LogP contribution >= 0.6 is 0 Å². The summed E-state index contributed by atoms with van der Waals surface area (Å²) in [6, 6.07) is 8.61. The standard InChI is InChI=1S/C13H13F2/c1-3-11(14)13(12(15)4-2)10-8-6-5-7-9-10/h3-9,11-12H,1-2H2. The Kier molecular flexibility index (Phi) is 4.22. The first-order valence-corrected chi connectivity index (χ1v) is 4.66. The summed E-state index contributed by atoms with van der Waals surface area (Å²) in [5.74, 6) is 0.0561. The van der Waals surface area contributed by atoms with Gasteiger partial charge < -0.3 is 0 Å². The predicted octanol–water partition coefficient (Wildman–Crippen LogP) is 3.66. The average molecular weight is 207 g/mol. The molecule has 0 aliphatic rings. The molecule has 0 N–H and O–H groups in total. The molecular weight excluding hydrogens is 194 g/mol. The Morgan fingerprint density at radius 2 is 1.47 bits per heavy atom. The van der Waals surface area contributed by atoms with Gasteiger partial charge in [0.15, 0.2) is 0 Å².